The van der Waals surface area contributed by atoms with Crippen molar-refractivity contribution >= 4 is 30.0 Å². The summed E-state index contributed by atoms with van der Waals surface area (Å²) in [5.74, 6) is -4.72. The molecular weight excluding hydrogens is 460 g/mol. The number of carbonyl (C=O) groups is 4. The standard InChI is InChI=1S/C17H26N4O.C6H8O7/c1-3-21-14(2)15(11-18-21)12-19-9-10-20(17(22)13-19)16-7-5-4-6-8-16;7-3(8)1-6(13,5(11)12)2-4(9)10/h3,11,16H,1,4-10,12-13H2,2H3;13H,1-2H2,(H,7,8)(H,9,10)(H,11,12). The molecule has 1 amide bonds. The molecule has 2 fully saturated rings. The second-order valence-electron chi connectivity index (χ2n) is 8.95. The number of nitrogens with zero attached hydrogens (tertiary/aromatic N) is 4. The highest BCUT2D eigenvalue weighted by molar-refractivity contribution is 5.88. The van der Waals surface area contributed by atoms with Gasteiger partial charge in [-0.2, -0.15) is 5.10 Å². The molecule has 0 aromatic carbocycles. The molecule has 2 heterocycles. The van der Waals surface area contributed by atoms with Crippen LogP contribution in [0.15, 0.2) is 12.8 Å². The summed E-state index contributed by atoms with van der Waals surface area (Å²) in [6.07, 6.45) is 7.57. The highest BCUT2D eigenvalue weighted by atomic mass is 16.4. The van der Waals surface area contributed by atoms with Gasteiger partial charge in [0.05, 0.1) is 25.6 Å². The molecule has 0 spiro atoms. The molecular formula is C23H34N4O8. The van der Waals surface area contributed by atoms with Crippen molar-refractivity contribution in [2.45, 2.75) is 70.1 Å². The highest BCUT2D eigenvalue weighted by Gasteiger charge is 2.40. The third-order valence-corrected chi connectivity index (χ3v) is 6.35. The summed E-state index contributed by atoms with van der Waals surface area (Å²) in [7, 11) is 0. The Morgan fingerprint density at radius 3 is 2.17 bits per heavy atom. The van der Waals surface area contributed by atoms with Crippen LogP contribution in [0.25, 0.3) is 6.20 Å². The number of piperazine rings is 1. The van der Waals surface area contributed by atoms with Gasteiger partial charge in [0.15, 0.2) is 5.60 Å². The fourth-order valence-electron chi connectivity index (χ4n) is 4.40. The van der Waals surface area contributed by atoms with Gasteiger partial charge in [0, 0.05) is 43.1 Å². The molecule has 1 aliphatic heterocycles. The zero-order valence-electron chi connectivity index (χ0n) is 19.9. The number of carbonyl (C=O) groups excluding carboxylic acids is 1. The minimum absolute atomic E-state index is 0.298. The van der Waals surface area contributed by atoms with Crippen LogP contribution in [0.3, 0.4) is 0 Å². The number of aliphatic carboxylic acids is 3. The van der Waals surface area contributed by atoms with Crippen LogP contribution < -0.4 is 0 Å². The molecule has 1 aromatic heterocycles. The summed E-state index contributed by atoms with van der Waals surface area (Å²) in [6, 6.07) is 0.494. The molecule has 0 bridgehead atoms. The quantitative estimate of drug-likeness (QED) is 0.388. The fraction of sp³-hybridized carbons (Fsp3) is 0.609. The lowest BCUT2D eigenvalue weighted by Crippen LogP contribution is -2.54. The van der Waals surface area contributed by atoms with Crippen molar-refractivity contribution in [3.63, 3.8) is 0 Å². The lowest BCUT2D eigenvalue weighted by atomic mass is 9.93. The lowest BCUT2D eigenvalue weighted by Gasteiger charge is -2.40. The first-order valence-corrected chi connectivity index (χ1v) is 11.5. The molecule has 1 saturated heterocycles. The van der Waals surface area contributed by atoms with Crippen LogP contribution >= 0.6 is 0 Å². The van der Waals surface area contributed by atoms with Crippen LogP contribution in [-0.4, -0.2) is 95.1 Å². The van der Waals surface area contributed by atoms with E-state index in [4.69, 9.17) is 20.4 Å². The summed E-state index contributed by atoms with van der Waals surface area (Å²) in [6.45, 7) is 8.96. The molecule has 0 atom stereocenters. The zero-order valence-corrected chi connectivity index (χ0v) is 19.9. The molecule has 12 nitrogen and oxygen atoms in total. The lowest BCUT2D eigenvalue weighted by molar-refractivity contribution is -0.170. The Bertz CT molecular complexity index is 922. The molecule has 3 rings (SSSR count). The second-order valence-corrected chi connectivity index (χ2v) is 8.95. The number of aromatic nitrogens is 2. The van der Waals surface area contributed by atoms with Crippen LogP contribution in [0.1, 0.15) is 56.2 Å². The van der Waals surface area contributed by atoms with Crippen molar-refractivity contribution < 1.29 is 39.6 Å². The van der Waals surface area contributed by atoms with Crippen molar-refractivity contribution in [1.29, 1.82) is 0 Å². The minimum atomic E-state index is -2.74. The van der Waals surface area contributed by atoms with Crippen molar-refractivity contribution in [2.24, 2.45) is 0 Å². The predicted octanol–water partition coefficient (Wildman–Crippen LogP) is 1.02. The molecule has 4 N–H and O–H groups in total. The maximum Gasteiger partial charge on any atom is 0.336 e. The summed E-state index contributed by atoms with van der Waals surface area (Å²) < 4.78 is 1.79. The summed E-state index contributed by atoms with van der Waals surface area (Å²) in [5, 5.41) is 38.1. The number of aliphatic hydroxyl groups is 1. The van der Waals surface area contributed by atoms with Gasteiger partial charge in [-0.3, -0.25) is 19.3 Å². The number of carboxylic acids is 3. The van der Waals surface area contributed by atoms with Crippen molar-refractivity contribution in [2.75, 3.05) is 19.6 Å². The van der Waals surface area contributed by atoms with E-state index < -0.39 is 36.4 Å². The zero-order chi connectivity index (χ0) is 26.2. The van der Waals surface area contributed by atoms with Crippen LogP contribution in [0.5, 0.6) is 0 Å². The van der Waals surface area contributed by atoms with Gasteiger partial charge in [-0.1, -0.05) is 25.8 Å². The average Bonchev–Trinajstić information content (AvgIpc) is 3.13. The normalized spacial score (nSPS) is 17.4. The van der Waals surface area contributed by atoms with Gasteiger partial charge in [0.2, 0.25) is 5.91 Å². The molecule has 1 saturated carbocycles. The van der Waals surface area contributed by atoms with E-state index in [0.29, 0.717) is 18.5 Å². The Morgan fingerprint density at radius 1 is 1.11 bits per heavy atom. The topological polar surface area (TPSA) is 173 Å². The first-order chi connectivity index (χ1) is 16.5. The molecule has 12 heteroatoms. The average molecular weight is 495 g/mol. The molecule has 2 aliphatic rings. The molecule has 35 heavy (non-hydrogen) atoms. The van der Waals surface area contributed by atoms with Gasteiger partial charge >= 0.3 is 17.9 Å². The maximum atomic E-state index is 12.5. The van der Waals surface area contributed by atoms with E-state index in [0.717, 1.165) is 25.3 Å². The third-order valence-electron chi connectivity index (χ3n) is 6.35. The molecule has 1 aliphatic carbocycles. The highest BCUT2D eigenvalue weighted by Crippen LogP contribution is 2.24. The molecule has 1 aromatic rings. The summed E-state index contributed by atoms with van der Waals surface area (Å²) in [4.78, 5) is 47.3. The largest absolute Gasteiger partial charge is 0.481 e. The third kappa shape index (κ3) is 7.89. The Hall–Kier alpha value is -3.25. The van der Waals surface area contributed by atoms with E-state index in [1.165, 1.54) is 37.7 Å². The van der Waals surface area contributed by atoms with E-state index >= 15 is 0 Å². The molecule has 0 radical (unpaired) electrons. The van der Waals surface area contributed by atoms with Crippen LogP contribution in [0.2, 0.25) is 0 Å². The van der Waals surface area contributed by atoms with E-state index in [1.807, 2.05) is 13.1 Å². The van der Waals surface area contributed by atoms with Crippen molar-refractivity contribution in [3.8, 4) is 0 Å². The van der Waals surface area contributed by atoms with Gasteiger partial charge in [0.25, 0.3) is 0 Å². The van der Waals surface area contributed by atoms with Gasteiger partial charge < -0.3 is 25.3 Å². The van der Waals surface area contributed by atoms with Gasteiger partial charge in [-0.05, 0) is 19.8 Å². The fourth-order valence-corrected chi connectivity index (χ4v) is 4.40. The van der Waals surface area contributed by atoms with Crippen molar-refractivity contribution in [3.05, 3.63) is 24.0 Å². The van der Waals surface area contributed by atoms with E-state index in [9.17, 15) is 19.2 Å². The van der Waals surface area contributed by atoms with Crippen LogP contribution in [0, 0.1) is 6.92 Å². The minimum Gasteiger partial charge on any atom is -0.481 e. The second kappa shape index (κ2) is 12.5. The van der Waals surface area contributed by atoms with E-state index in [1.54, 1.807) is 10.9 Å². The number of hydrogen-bond donors (Lipinski definition) is 4. The summed E-state index contributed by atoms with van der Waals surface area (Å²) in [5.41, 5.74) is -0.450. The Labute approximate surface area is 203 Å². The number of carboxylic acid groups (broad SMARTS) is 3. The number of amides is 1. The van der Waals surface area contributed by atoms with Gasteiger partial charge in [0.1, 0.15) is 0 Å². The van der Waals surface area contributed by atoms with Gasteiger partial charge in [-0.25, -0.2) is 9.48 Å². The number of hydrogen-bond acceptors (Lipinski definition) is 7. The Balaban J connectivity index is 0.000000287. The first kappa shape index (κ1) is 28.0. The first-order valence-electron chi connectivity index (χ1n) is 11.5. The van der Waals surface area contributed by atoms with Gasteiger partial charge in [-0.15, -0.1) is 0 Å². The molecule has 0 unspecified atom stereocenters. The van der Waals surface area contributed by atoms with Crippen LogP contribution in [0.4, 0.5) is 0 Å². The molecule has 194 valence electrons. The SMILES string of the molecule is C=Cn1ncc(CN2CCN(C3CCCCC3)C(=O)C2)c1C.O=C(O)CC(O)(CC(=O)O)C(=O)O. The van der Waals surface area contributed by atoms with E-state index in [2.05, 4.69) is 21.5 Å². The maximum absolute atomic E-state index is 12.5. The Kier molecular flexibility index (Phi) is 9.96. The smallest absolute Gasteiger partial charge is 0.336 e. The predicted molar refractivity (Wildman–Crippen MR) is 124 cm³/mol. The van der Waals surface area contributed by atoms with Crippen LogP contribution in [-0.2, 0) is 25.7 Å². The van der Waals surface area contributed by atoms with E-state index in [-0.39, 0.29) is 0 Å². The van der Waals surface area contributed by atoms with Crippen molar-refractivity contribution in [1.82, 2.24) is 19.6 Å². The monoisotopic (exact) mass is 494 g/mol. The number of rotatable bonds is 9. The summed E-state index contributed by atoms with van der Waals surface area (Å²) >= 11 is 0. The Morgan fingerprint density at radius 2 is 1.71 bits per heavy atom.